The van der Waals surface area contributed by atoms with E-state index >= 15 is 0 Å². The van der Waals surface area contributed by atoms with E-state index in [2.05, 4.69) is 15.5 Å². The molecule has 0 saturated heterocycles. The van der Waals surface area contributed by atoms with E-state index in [4.69, 9.17) is 11.6 Å². The summed E-state index contributed by atoms with van der Waals surface area (Å²) in [6.45, 7) is 3.91. The van der Waals surface area contributed by atoms with Crippen LogP contribution < -0.4 is 5.32 Å². The van der Waals surface area contributed by atoms with E-state index in [-0.39, 0.29) is 6.67 Å². The molecule has 1 N–H and O–H groups in total. The van der Waals surface area contributed by atoms with Crippen LogP contribution in [0.5, 0.6) is 0 Å². The van der Waals surface area contributed by atoms with Gasteiger partial charge in [-0.15, -0.1) is 0 Å². The van der Waals surface area contributed by atoms with Gasteiger partial charge in [0.05, 0.1) is 34.5 Å². The average molecular weight is 366 g/mol. The highest BCUT2D eigenvalue weighted by Crippen LogP contribution is 2.19. The lowest BCUT2D eigenvalue weighted by Gasteiger charge is -2.05. The summed E-state index contributed by atoms with van der Waals surface area (Å²) in [6, 6.07) is 3.24. The molecule has 2 heterocycles. The van der Waals surface area contributed by atoms with Crippen molar-refractivity contribution >= 4 is 23.2 Å². The van der Waals surface area contributed by atoms with Crippen molar-refractivity contribution in [3.05, 3.63) is 64.2 Å². The SMILES string of the molecule is Cc1nn(Cn2cc(NC(=O)c3c(F)cccc3F)cn2)c(C)c1Cl. The standard InChI is InChI=1S/C16H14ClF2N5O/c1-9-15(17)10(2)24(22-9)8-23-7-11(6-20-23)21-16(25)14-12(18)4-3-5-13(14)19/h3-7H,8H2,1-2H3,(H,21,25). The zero-order valence-electron chi connectivity index (χ0n) is 13.4. The first kappa shape index (κ1) is 17.1. The van der Waals surface area contributed by atoms with E-state index in [1.807, 2.05) is 6.92 Å². The molecule has 0 fully saturated rings. The summed E-state index contributed by atoms with van der Waals surface area (Å²) in [5.41, 5.74) is 1.16. The van der Waals surface area contributed by atoms with E-state index in [1.165, 1.54) is 23.1 Å². The fourth-order valence-electron chi connectivity index (χ4n) is 2.36. The van der Waals surface area contributed by atoms with Crippen molar-refractivity contribution in [1.29, 1.82) is 0 Å². The molecule has 0 aliphatic carbocycles. The van der Waals surface area contributed by atoms with E-state index in [0.717, 1.165) is 17.8 Å². The first-order chi connectivity index (χ1) is 11.9. The summed E-state index contributed by atoms with van der Waals surface area (Å²) >= 11 is 6.10. The molecule has 130 valence electrons. The van der Waals surface area contributed by atoms with Crippen LogP contribution in [-0.2, 0) is 6.67 Å². The normalized spacial score (nSPS) is 10.9. The van der Waals surface area contributed by atoms with Crippen molar-refractivity contribution in [2.45, 2.75) is 20.5 Å². The Labute approximate surface area is 147 Å². The van der Waals surface area contributed by atoms with Crippen LogP contribution in [0, 0.1) is 25.5 Å². The number of amides is 1. The molecule has 6 nitrogen and oxygen atoms in total. The van der Waals surface area contributed by atoms with E-state index in [0.29, 0.717) is 16.4 Å². The Balaban J connectivity index is 1.75. The second-order valence-electron chi connectivity index (χ2n) is 5.45. The van der Waals surface area contributed by atoms with Gasteiger partial charge in [0.25, 0.3) is 5.91 Å². The number of nitrogens with zero attached hydrogens (tertiary/aromatic N) is 4. The number of carbonyl (C=O) groups is 1. The predicted octanol–water partition coefficient (Wildman–Crippen LogP) is 3.39. The molecule has 0 atom stereocenters. The Kier molecular flexibility index (Phi) is 4.54. The number of hydrogen-bond acceptors (Lipinski definition) is 3. The van der Waals surface area contributed by atoms with Gasteiger partial charge < -0.3 is 5.32 Å². The van der Waals surface area contributed by atoms with Crippen LogP contribution in [0.25, 0.3) is 0 Å². The van der Waals surface area contributed by atoms with Gasteiger partial charge >= 0.3 is 0 Å². The van der Waals surface area contributed by atoms with Crippen molar-refractivity contribution < 1.29 is 13.6 Å². The topological polar surface area (TPSA) is 64.7 Å². The third-order valence-corrected chi connectivity index (χ3v) is 4.20. The highest BCUT2D eigenvalue weighted by atomic mass is 35.5. The Morgan fingerprint density at radius 2 is 1.96 bits per heavy atom. The van der Waals surface area contributed by atoms with Crippen LogP contribution in [0.3, 0.4) is 0 Å². The van der Waals surface area contributed by atoms with Crippen LogP contribution in [0.2, 0.25) is 5.02 Å². The number of hydrogen-bond donors (Lipinski definition) is 1. The van der Waals surface area contributed by atoms with Crippen LogP contribution >= 0.6 is 11.6 Å². The minimum absolute atomic E-state index is 0.281. The number of benzene rings is 1. The molecule has 1 aromatic carbocycles. The van der Waals surface area contributed by atoms with Gasteiger partial charge in [-0.1, -0.05) is 17.7 Å². The largest absolute Gasteiger partial charge is 0.319 e. The maximum Gasteiger partial charge on any atom is 0.261 e. The molecule has 3 aromatic rings. The molecule has 0 radical (unpaired) electrons. The molecule has 9 heteroatoms. The highest BCUT2D eigenvalue weighted by Gasteiger charge is 2.18. The lowest BCUT2D eigenvalue weighted by atomic mass is 10.2. The summed E-state index contributed by atoms with van der Waals surface area (Å²) in [5.74, 6) is -2.74. The summed E-state index contributed by atoms with van der Waals surface area (Å²) in [7, 11) is 0. The van der Waals surface area contributed by atoms with Gasteiger partial charge in [0, 0.05) is 0 Å². The van der Waals surface area contributed by atoms with Gasteiger partial charge in [-0.3, -0.25) is 4.79 Å². The van der Waals surface area contributed by atoms with Gasteiger partial charge in [-0.2, -0.15) is 10.2 Å². The lowest BCUT2D eigenvalue weighted by molar-refractivity contribution is 0.101. The molecule has 0 saturated carbocycles. The van der Waals surface area contributed by atoms with Gasteiger partial charge in [-0.05, 0) is 26.0 Å². The van der Waals surface area contributed by atoms with Crippen molar-refractivity contribution in [3.63, 3.8) is 0 Å². The Morgan fingerprint density at radius 3 is 2.56 bits per heavy atom. The average Bonchev–Trinajstić information content (AvgIpc) is 3.08. The molecular formula is C16H14ClF2N5O. The third-order valence-electron chi connectivity index (χ3n) is 3.65. The maximum absolute atomic E-state index is 13.6. The second kappa shape index (κ2) is 6.64. The van der Waals surface area contributed by atoms with E-state index < -0.39 is 23.1 Å². The molecule has 0 aliphatic rings. The predicted molar refractivity (Wildman–Crippen MR) is 88.6 cm³/mol. The smallest absolute Gasteiger partial charge is 0.261 e. The quantitative estimate of drug-likeness (QED) is 0.770. The van der Waals surface area contributed by atoms with Crippen LogP contribution in [-0.4, -0.2) is 25.5 Å². The zero-order chi connectivity index (χ0) is 18.1. The minimum Gasteiger partial charge on any atom is -0.319 e. The van der Waals surface area contributed by atoms with Crippen molar-refractivity contribution in [3.8, 4) is 0 Å². The van der Waals surface area contributed by atoms with Crippen molar-refractivity contribution in [2.24, 2.45) is 0 Å². The fraction of sp³-hybridized carbons (Fsp3) is 0.188. The molecule has 1 amide bonds. The van der Waals surface area contributed by atoms with E-state index in [9.17, 15) is 13.6 Å². The van der Waals surface area contributed by atoms with Crippen LogP contribution in [0.1, 0.15) is 21.7 Å². The minimum atomic E-state index is -0.929. The molecule has 0 spiro atoms. The monoisotopic (exact) mass is 365 g/mol. The number of nitrogens with one attached hydrogen (secondary N) is 1. The highest BCUT2D eigenvalue weighted by molar-refractivity contribution is 6.31. The van der Waals surface area contributed by atoms with Gasteiger partial charge in [0.2, 0.25) is 0 Å². The lowest BCUT2D eigenvalue weighted by Crippen LogP contribution is -2.15. The Bertz CT molecular complexity index is 930. The van der Waals surface area contributed by atoms with Gasteiger partial charge in [0.15, 0.2) is 0 Å². The van der Waals surface area contributed by atoms with Crippen LogP contribution in [0.4, 0.5) is 14.5 Å². The molecule has 2 aromatic heterocycles. The maximum atomic E-state index is 13.6. The molecule has 3 rings (SSSR count). The number of aryl methyl sites for hydroxylation is 1. The Hall–Kier alpha value is -2.74. The molecule has 25 heavy (non-hydrogen) atoms. The summed E-state index contributed by atoms with van der Waals surface area (Å²) in [6.07, 6.45) is 2.91. The second-order valence-corrected chi connectivity index (χ2v) is 5.82. The molecule has 0 aliphatic heterocycles. The number of rotatable bonds is 4. The first-order valence-corrected chi connectivity index (χ1v) is 7.72. The number of carbonyl (C=O) groups excluding carboxylic acids is 1. The summed E-state index contributed by atoms with van der Waals surface area (Å²) in [5, 5.41) is 11.4. The zero-order valence-corrected chi connectivity index (χ0v) is 14.2. The summed E-state index contributed by atoms with van der Waals surface area (Å²) < 4.78 is 30.4. The van der Waals surface area contributed by atoms with E-state index in [1.54, 1.807) is 11.6 Å². The van der Waals surface area contributed by atoms with Gasteiger partial charge in [-0.25, -0.2) is 18.1 Å². The molecule has 0 bridgehead atoms. The third kappa shape index (κ3) is 3.39. The number of aromatic nitrogens is 4. The van der Waals surface area contributed by atoms with Crippen molar-refractivity contribution in [1.82, 2.24) is 19.6 Å². The summed E-state index contributed by atoms with van der Waals surface area (Å²) in [4.78, 5) is 12.1. The first-order valence-electron chi connectivity index (χ1n) is 7.34. The molecular weight excluding hydrogens is 352 g/mol. The van der Waals surface area contributed by atoms with Crippen LogP contribution in [0.15, 0.2) is 30.6 Å². The van der Waals surface area contributed by atoms with Gasteiger partial charge in [0.1, 0.15) is 23.9 Å². The fourth-order valence-corrected chi connectivity index (χ4v) is 2.50. The van der Waals surface area contributed by atoms with Crippen molar-refractivity contribution in [2.75, 3.05) is 5.32 Å². The Morgan fingerprint density at radius 1 is 1.28 bits per heavy atom. The number of halogens is 3. The molecule has 0 unspecified atom stereocenters. The number of anilines is 1.